The number of amides is 2. The summed E-state index contributed by atoms with van der Waals surface area (Å²) in [6, 6.07) is 4.94. The molecule has 0 spiro atoms. The van der Waals surface area contributed by atoms with Crippen LogP contribution in [-0.2, 0) is 23.2 Å². The molecule has 3 aliphatic carbocycles. The second-order valence-corrected chi connectivity index (χ2v) is 12.2. The van der Waals surface area contributed by atoms with E-state index in [1.54, 1.807) is 32.0 Å². The predicted octanol–water partition coefficient (Wildman–Crippen LogP) is 5.65. The lowest BCUT2D eigenvalue weighted by atomic mass is 9.39. The van der Waals surface area contributed by atoms with E-state index in [4.69, 9.17) is 32.2 Å². The highest BCUT2D eigenvalue weighted by molar-refractivity contribution is 7.55. The molecule has 1 atom stereocenters. The van der Waals surface area contributed by atoms with Crippen molar-refractivity contribution in [3.05, 3.63) is 28.2 Å². The third-order valence-corrected chi connectivity index (χ3v) is 9.26. The molecule has 2 amide bonds. The molecule has 1 aromatic rings. The van der Waals surface area contributed by atoms with Crippen LogP contribution >= 0.6 is 30.8 Å². The highest BCUT2D eigenvalue weighted by Crippen LogP contribution is 2.68. The Balaban J connectivity index is 1.63. The number of carbonyl (C=O) groups excluding carboxylic acids is 2. The van der Waals surface area contributed by atoms with E-state index in [0.29, 0.717) is 41.4 Å². The lowest BCUT2D eigenvalue weighted by Gasteiger charge is -2.69. The van der Waals surface area contributed by atoms with Crippen molar-refractivity contribution in [1.82, 2.24) is 5.32 Å². The Morgan fingerprint density at radius 2 is 1.69 bits per heavy atom. The molecule has 32 heavy (non-hydrogen) atoms. The first-order valence-corrected chi connectivity index (χ1v) is 13.3. The first kappa shape index (κ1) is 25.5. The topological polar surface area (TPSA) is 93.7 Å². The maximum atomic E-state index is 13.3. The van der Waals surface area contributed by atoms with Crippen molar-refractivity contribution in [3.8, 4) is 0 Å². The molecular formula is C22H31Cl2N2O5P. The maximum Gasteiger partial charge on any atom is 0.343 e. The summed E-state index contributed by atoms with van der Waals surface area (Å²) in [5.74, 6) is -0.293. The van der Waals surface area contributed by atoms with Gasteiger partial charge in [0.25, 0.3) is 0 Å². The summed E-state index contributed by atoms with van der Waals surface area (Å²) in [6.45, 7) is 7.78. The zero-order chi connectivity index (χ0) is 23.7. The van der Waals surface area contributed by atoms with Crippen LogP contribution in [0.3, 0.4) is 0 Å². The summed E-state index contributed by atoms with van der Waals surface area (Å²) < 4.78 is 24.3. The molecule has 10 heteroatoms. The largest absolute Gasteiger partial charge is 0.350 e. The van der Waals surface area contributed by atoms with Crippen LogP contribution < -0.4 is 10.6 Å². The molecule has 0 heterocycles. The van der Waals surface area contributed by atoms with Crippen LogP contribution in [0.5, 0.6) is 0 Å². The molecule has 3 fully saturated rings. The highest BCUT2D eigenvalue weighted by atomic mass is 35.5. The first-order chi connectivity index (χ1) is 15.0. The molecule has 3 aliphatic rings. The fourth-order valence-corrected chi connectivity index (χ4v) is 7.23. The second kappa shape index (κ2) is 9.63. The molecule has 2 N–H and O–H groups in total. The number of anilines is 1. The molecular weight excluding hydrogens is 474 g/mol. The second-order valence-electron chi connectivity index (χ2n) is 9.18. The van der Waals surface area contributed by atoms with Gasteiger partial charge in [0.2, 0.25) is 11.8 Å². The molecule has 0 aromatic heterocycles. The number of halogens is 2. The number of hydrogen-bond donors (Lipinski definition) is 2. The quantitative estimate of drug-likeness (QED) is 0.379. The minimum absolute atomic E-state index is 0.0972. The smallest absolute Gasteiger partial charge is 0.343 e. The van der Waals surface area contributed by atoms with Gasteiger partial charge in [-0.15, -0.1) is 0 Å². The Morgan fingerprint density at radius 3 is 2.19 bits per heavy atom. The fraction of sp³-hybridized carbons (Fsp3) is 0.636. The van der Waals surface area contributed by atoms with E-state index >= 15 is 0 Å². The molecule has 178 valence electrons. The van der Waals surface area contributed by atoms with Crippen molar-refractivity contribution >= 4 is 48.3 Å². The van der Waals surface area contributed by atoms with E-state index in [1.165, 1.54) is 0 Å². The molecule has 2 bridgehead atoms. The average molecular weight is 505 g/mol. The molecule has 1 unspecified atom stereocenters. The van der Waals surface area contributed by atoms with Crippen molar-refractivity contribution in [2.45, 2.75) is 64.6 Å². The van der Waals surface area contributed by atoms with E-state index in [-0.39, 0.29) is 30.9 Å². The van der Waals surface area contributed by atoms with Crippen molar-refractivity contribution in [1.29, 1.82) is 0 Å². The third-order valence-electron chi connectivity index (χ3n) is 6.07. The monoisotopic (exact) mass is 504 g/mol. The lowest BCUT2D eigenvalue weighted by molar-refractivity contribution is -0.178. The summed E-state index contributed by atoms with van der Waals surface area (Å²) in [5.41, 5.74) is -1.24. The summed E-state index contributed by atoms with van der Waals surface area (Å²) in [4.78, 5) is 26.0. The van der Waals surface area contributed by atoms with E-state index in [2.05, 4.69) is 10.6 Å². The number of hydrogen-bond acceptors (Lipinski definition) is 5. The SMILES string of the molecule is CCOP(=O)(OCC)C(CC(C)C)C(=O)NC12CC(C(=O)Nc3ccc(Cl)c(Cl)c3)(C1)C2. The predicted molar refractivity (Wildman–Crippen MR) is 126 cm³/mol. The van der Waals surface area contributed by atoms with Gasteiger partial charge in [0, 0.05) is 11.2 Å². The fourth-order valence-electron chi connectivity index (χ4n) is 4.75. The molecule has 0 aliphatic heterocycles. The first-order valence-electron chi connectivity index (χ1n) is 11.0. The van der Waals surface area contributed by atoms with E-state index < -0.39 is 24.2 Å². The molecule has 1 aromatic carbocycles. The van der Waals surface area contributed by atoms with E-state index in [1.807, 2.05) is 13.8 Å². The van der Waals surface area contributed by atoms with Gasteiger partial charge in [0.15, 0.2) is 0 Å². The van der Waals surface area contributed by atoms with Crippen LogP contribution in [0.25, 0.3) is 0 Å². The summed E-state index contributed by atoms with van der Waals surface area (Å²) >= 11 is 11.9. The zero-order valence-electron chi connectivity index (χ0n) is 18.9. The number of benzene rings is 1. The Labute approximate surface area is 199 Å². The van der Waals surface area contributed by atoms with Gasteiger partial charge in [-0.1, -0.05) is 37.0 Å². The minimum atomic E-state index is -3.60. The van der Waals surface area contributed by atoms with Crippen LogP contribution in [-0.4, -0.2) is 36.2 Å². The average Bonchev–Trinajstić information content (AvgIpc) is 2.64. The van der Waals surface area contributed by atoms with Crippen molar-refractivity contribution < 1.29 is 23.2 Å². The number of nitrogens with one attached hydrogen (secondary N) is 2. The summed E-state index contributed by atoms with van der Waals surface area (Å²) in [5, 5.41) is 6.74. The Morgan fingerprint density at radius 1 is 1.09 bits per heavy atom. The Hall–Kier alpha value is -1.11. The third kappa shape index (κ3) is 5.02. The van der Waals surface area contributed by atoms with Gasteiger partial charge in [-0.05, 0) is 63.6 Å². The summed E-state index contributed by atoms with van der Waals surface area (Å²) in [7, 11) is -3.60. The lowest BCUT2D eigenvalue weighted by Crippen LogP contribution is -2.78. The van der Waals surface area contributed by atoms with Crippen molar-refractivity contribution in [2.24, 2.45) is 11.3 Å². The van der Waals surface area contributed by atoms with Gasteiger partial charge in [-0.2, -0.15) is 0 Å². The molecule has 0 radical (unpaired) electrons. The molecule has 7 nitrogen and oxygen atoms in total. The van der Waals surface area contributed by atoms with Gasteiger partial charge in [-0.25, -0.2) is 0 Å². The van der Waals surface area contributed by atoms with Crippen molar-refractivity contribution in [2.75, 3.05) is 18.5 Å². The van der Waals surface area contributed by atoms with Gasteiger partial charge >= 0.3 is 7.60 Å². The molecule has 4 rings (SSSR count). The van der Waals surface area contributed by atoms with Crippen LogP contribution in [0, 0.1) is 11.3 Å². The van der Waals surface area contributed by atoms with Gasteiger partial charge < -0.3 is 19.7 Å². The Kier molecular flexibility index (Phi) is 7.68. The van der Waals surface area contributed by atoms with E-state index in [9.17, 15) is 14.2 Å². The zero-order valence-corrected chi connectivity index (χ0v) is 21.3. The number of carbonyl (C=O) groups is 2. The van der Waals surface area contributed by atoms with Gasteiger partial charge in [0.05, 0.1) is 28.7 Å². The molecule has 0 saturated heterocycles. The van der Waals surface area contributed by atoms with Crippen LogP contribution in [0.1, 0.15) is 53.4 Å². The van der Waals surface area contributed by atoms with Crippen LogP contribution in [0.4, 0.5) is 5.69 Å². The normalized spacial score (nSPS) is 25.0. The van der Waals surface area contributed by atoms with Crippen LogP contribution in [0.15, 0.2) is 18.2 Å². The number of rotatable bonds is 11. The highest BCUT2D eigenvalue weighted by Gasteiger charge is 2.72. The minimum Gasteiger partial charge on any atom is -0.350 e. The Bertz CT molecular complexity index is 909. The van der Waals surface area contributed by atoms with Gasteiger partial charge in [0.1, 0.15) is 5.66 Å². The van der Waals surface area contributed by atoms with Gasteiger partial charge in [-0.3, -0.25) is 14.2 Å². The van der Waals surface area contributed by atoms with E-state index in [0.717, 1.165) is 0 Å². The molecule has 3 saturated carbocycles. The standard InChI is InChI=1S/C22H31Cl2N2O5P/c1-5-30-32(29,31-6-2)18(9-14(3)4)19(27)26-22-11-21(12-22,13-22)20(28)25-15-7-8-16(23)17(24)10-15/h7-8,10,14,18H,5-6,9,11-13H2,1-4H3,(H,25,28)(H,26,27). The summed E-state index contributed by atoms with van der Waals surface area (Å²) in [6.07, 6.45) is 2.02. The van der Waals surface area contributed by atoms with Crippen LogP contribution in [0.2, 0.25) is 10.0 Å². The van der Waals surface area contributed by atoms with Crippen molar-refractivity contribution in [3.63, 3.8) is 0 Å². The maximum absolute atomic E-state index is 13.3.